The van der Waals surface area contributed by atoms with Gasteiger partial charge >= 0.3 is 11.7 Å². The molecule has 1 saturated heterocycles. The summed E-state index contributed by atoms with van der Waals surface area (Å²) in [6.07, 6.45) is -3.12. The lowest BCUT2D eigenvalue weighted by molar-refractivity contribution is -0.163. The van der Waals surface area contributed by atoms with E-state index in [-0.39, 0.29) is 31.7 Å². The van der Waals surface area contributed by atoms with Crippen molar-refractivity contribution >= 4 is 14.5 Å². The van der Waals surface area contributed by atoms with E-state index in [0.717, 1.165) is 0 Å². The third kappa shape index (κ3) is 9.56. The van der Waals surface area contributed by atoms with E-state index >= 15 is 0 Å². The summed E-state index contributed by atoms with van der Waals surface area (Å²) < 4.78 is 47.1. The van der Waals surface area contributed by atoms with Gasteiger partial charge in [0, 0.05) is 31.3 Å². The van der Waals surface area contributed by atoms with E-state index in [1.807, 2.05) is 107 Å². The number of aromatic nitrogens is 2. The number of nitrogens with zero attached hydrogens (tertiary/aromatic N) is 3. The van der Waals surface area contributed by atoms with Crippen LogP contribution < -0.4 is 20.7 Å². The van der Waals surface area contributed by atoms with E-state index in [1.54, 1.807) is 14.2 Å². The maximum absolute atomic E-state index is 13.5. The molecule has 1 aromatic heterocycles. The Kier molecular flexibility index (Phi) is 14.6. The minimum atomic E-state index is -1.73. The van der Waals surface area contributed by atoms with Gasteiger partial charge in [0.15, 0.2) is 12.3 Å². The zero-order valence-electron chi connectivity index (χ0n) is 32.6. The first-order valence-electron chi connectivity index (χ1n) is 18.3. The van der Waals surface area contributed by atoms with Gasteiger partial charge in [-0.2, -0.15) is 5.26 Å². The van der Waals surface area contributed by atoms with E-state index in [9.17, 15) is 19.6 Å². The average Bonchev–Trinajstić information content (AvgIpc) is 3.50. The van der Waals surface area contributed by atoms with Gasteiger partial charge in [-0.1, -0.05) is 54.6 Å². The fourth-order valence-corrected chi connectivity index (χ4v) is 8.45. The molecule has 15 heteroatoms. The quantitative estimate of drug-likeness (QED) is 0.0538. The number of carbonyl (C=O) groups excluding carboxylic acids is 1. The first kappa shape index (κ1) is 42.3. The monoisotopic (exact) mass is 788 g/mol. The van der Waals surface area contributed by atoms with E-state index in [2.05, 4.69) is 15.7 Å². The van der Waals surface area contributed by atoms with Crippen LogP contribution in [-0.2, 0) is 33.7 Å². The summed E-state index contributed by atoms with van der Waals surface area (Å²) >= 11 is 0. The molecule has 1 fully saturated rings. The highest BCUT2D eigenvalue weighted by Crippen LogP contribution is 2.49. The third-order valence-electron chi connectivity index (χ3n) is 9.21. The highest BCUT2D eigenvalue weighted by atomic mass is 31.2. The molecule has 3 aromatic carbocycles. The van der Waals surface area contributed by atoms with E-state index < -0.39 is 55.9 Å². The number of aromatic amines is 1. The van der Waals surface area contributed by atoms with Gasteiger partial charge in [0.2, 0.25) is 0 Å². The van der Waals surface area contributed by atoms with Crippen molar-refractivity contribution in [3.05, 3.63) is 129 Å². The molecule has 0 saturated carbocycles. The van der Waals surface area contributed by atoms with Crippen LogP contribution in [-0.4, -0.2) is 78.0 Å². The molecular weight excluding hydrogens is 739 g/mol. The van der Waals surface area contributed by atoms with Crippen molar-refractivity contribution in [2.24, 2.45) is 0 Å². The van der Waals surface area contributed by atoms with Crippen LogP contribution in [0.1, 0.15) is 64.0 Å². The molecule has 0 aliphatic carbocycles. The van der Waals surface area contributed by atoms with Gasteiger partial charge in [-0.25, -0.2) is 9.46 Å². The van der Waals surface area contributed by atoms with E-state index in [1.165, 1.54) is 23.8 Å². The van der Waals surface area contributed by atoms with Gasteiger partial charge in [-0.05, 0) is 68.7 Å². The Morgan fingerprint density at radius 1 is 0.875 bits per heavy atom. The van der Waals surface area contributed by atoms with Gasteiger partial charge in [0.25, 0.3) is 14.1 Å². The summed E-state index contributed by atoms with van der Waals surface area (Å²) in [5, 5.41) is 9.23. The highest BCUT2D eigenvalue weighted by Gasteiger charge is 2.54. The topological polar surface area (TPSA) is 164 Å². The van der Waals surface area contributed by atoms with Crippen molar-refractivity contribution in [2.75, 3.05) is 27.4 Å². The molecule has 14 nitrogen and oxygen atoms in total. The molecule has 56 heavy (non-hydrogen) atoms. The molecule has 1 aliphatic rings. The summed E-state index contributed by atoms with van der Waals surface area (Å²) in [5.74, 6) is 0.615. The number of carbonyl (C=O) groups is 1. The maximum Gasteiger partial charge on any atom is 0.330 e. The van der Waals surface area contributed by atoms with Gasteiger partial charge in [-0.3, -0.25) is 19.1 Å². The Bertz CT molecular complexity index is 1980. The molecule has 298 valence electrons. The second kappa shape index (κ2) is 19.3. The molecule has 1 unspecified atom stereocenters. The molecule has 0 spiro atoms. The van der Waals surface area contributed by atoms with Crippen LogP contribution in [0.2, 0.25) is 0 Å². The molecule has 4 aromatic rings. The van der Waals surface area contributed by atoms with Crippen LogP contribution >= 0.6 is 8.53 Å². The SMILES string of the molecule is COc1ccc(C(O[C@@H]2[C@H](OC(C)=O)[C@@H](COP(OCCC#N)N(C(C)C)C(C)C)O[C@H]2n2ccc(=O)[nH]c2=O)(c2ccccc2)c2ccc(OC)cc2)cc1. The third-order valence-corrected chi connectivity index (χ3v) is 11.3. The highest BCUT2D eigenvalue weighted by molar-refractivity contribution is 7.44. The normalized spacial score (nSPS) is 18.9. The Morgan fingerprint density at radius 2 is 1.45 bits per heavy atom. The van der Waals surface area contributed by atoms with Crippen molar-refractivity contribution in [1.82, 2.24) is 14.2 Å². The van der Waals surface area contributed by atoms with Crippen LogP contribution in [0, 0.1) is 11.3 Å². The van der Waals surface area contributed by atoms with Crippen LogP contribution in [0.3, 0.4) is 0 Å². The van der Waals surface area contributed by atoms with Gasteiger partial charge in [0.05, 0.1) is 39.9 Å². The summed E-state index contributed by atoms with van der Waals surface area (Å²) in [6, 6.07) is 27.6. The predicted molar refractivity (Wildman–Crippen MR) is 209 cm³/mol. The summed E-state index contributed by atoms with van der Waals surface area (Å²) in [5.41, 5.74) is -0.708. The largest absolute Gasteiger partial charge is 0.497 e. The van der Waals surface area contributed by atoms with Crippen molar-refractivity contribution in [2.45, 2.75) is 83.3 Å². The van der Waals surface area contributed by atoms with Crippen LogP contribution in [0.25, 0.3) is 0 Å². The molecule has 0 amide bonds. The molecule has 5 atom stereocenters. The Labute approximate surface area is 327 Å². The summed E-state index contributed by atoms with van der Waals surface area (Å²) in [6.45, 7) is 9.34. The smallest absolute Gasteiger partial charge is 0.330 e. The minimum absolute atomic E-state index is 0.0148. The van der Waals surface area contributed by atoms with Crippen molar-refractivity contribution in [3.8, 4) is 17.6 Å². The summed E-state index contributed by atoms with van der Waals surface area (Å²) in [4.78, 5) is 41.1. The zero-order chi connectivity index (χ0) is 40.4. The number of nitrogens with one attached hydrogen (secondary N) is 1. The number of esters is 1. The van der Waals surface area contributed by atoms with Crippen LogP contribution in [0.15, 0.2) is 101 Å². The lowest BCUT2D eigenvalue weighted by Gasteiger charge is -2.40. The van der Waals surface area contributed by atoms with E-state index in [4.69, 9.17) is 32.7 Å². The number of hydrogen-bond acceptors (Lipinski definition) is 12. The van der Waals surface area contributed by atoms with Crippen LogP contribution in [0.4, 0.5) is 0 Å². The second-order valence-corrected chi connectivity index (χ2v) is 15.0. The predicted octanol–water partition coefficient (Wildman–Crippen LogP) is 6.05. The first-order valence-corrected chi connectivity index (χ1v) is 19.4. The van der Waals surface area contributed by atoms with Gasteiger partial charge < -0.3 is 32.7 Å². The number of nitriles is 1. The Hall–Kier alpha value is -4.87. The number of rotatable bonds is 18. The molecule has 0 bridgehead atoms. The van der Waals surface area contributed by atoms with E-state index in [0.29, 0.717) is 28.2 Å². The number of benzene rings is 3. The number of ether oxygens (including phenoxy) is 5. The molecule has 0 radical (unpaired) electrons. The molecule has 5 rings (SSSR count). The lowest BCUT2D eigenvalue weighted by atomic mass is 9.79. The lowest BCUT2D eigenvalue weighted by Crippen LogP contribution is -2.47. The second-order valence-electron chi connectivity index (χ2n) is 13.6. The van der Waals surface area contributed by atoms with Gasteiger partial charge in [-0.15, -0.1) is 0 Å². The Morgan fingerprint density at radius 3 is 1.95 bits per heavy atom. The van der Waals surface area contributed by atoms with Crippen molar-refractivity contribution in [3.63, 3.8) is 0 Å². The van der Waals surface area contributed by atoms with Gasteiger partial charge in [0.1, 0.15) is 29.3 Å². The molecule has 1 N–H and O–H groups in total. The number of H-pyrrole nitrogens is 1. The number of methoxy groups -OCH3 is 2. The van der Waals surface area contributed by atoms with Crippen molar-refractivity contribution in [1.29, 1.82) is 5.26 Å². The standard InChI is InChI=1S/C41H49N4O10P/c1-27(2)45(28(3)4)56(51-25-11-23-42)52-26-35-37(53-29(5)46)38(39(54-35)44-24-22-36(47)43-40(44)48)55-41(30-12-9-8-10-13-30,31-14-18-33(49-6)19-15-31)32-16-20-34(50-7)21-17-32/h8-10,12-22,24,27-28,35,37-39H,11,25-26H2,1-7H3,(H,43,47,48)/t35-,37-,38-,39-,56?/m1/s1. The fraction of sp³-hybridized carbons (Fsp3) is 0.415. The van der Waals surface area contributed by atoms with Crippen LogP contribution in [0.5, 0.6) is 11.5 Å². The zero-order valence-corrected chi connectivity index (χ0v) is 33.5. The molecule has 2 heterocycles. The molecule has 1 aliphatic heterocycles. The molecular formula is C41H49N4O10P. The maximum atomic E-state index is 13.5. The number of hydrogen-bond donors (Lipinski definition) is 1. The summed E-state index contributed by atoms with van der Waals surface area (Å²) in [7, 11) is 1.43. The van der Waals surface area contributed by atoms with Crippen molar-refractivity contribution < 1.29 is 37.5 Å². The fourth-order valence-electron chi connectivity index (χ4n) is 6.84. The minimum Gasteiger partial charge on any atom is -0.497 e. The Balaban J connectivity index is 1.70. The first-order chi connectivity index (χ1) is 26.9. The average molecular weight is 789 g/mol.